The van der Waals surface area contributed by atoms with Gasteiger partial charge in [0.15, 0.2) is 0 Å². The maximum absolute atomic E-state index is 13.1. The van der Waals surface area contributed by atoms with E-state index in [9.17, 15) is 18.3 Å². The van der Waals surface area contributed by atoms with Crippen molar-refractivity contribution in [1.82, 2.24) is 4.31 Å². The van der Waals surface area contributed by atoms with Gasteiger partial charge in [0.1, 0.15) is 4.90 Å². The molecule has 0 radical (unpaired) electrons. The second-order valence-electron chi connectivity index (χ2n) is 5.36. The number of nitrogens with zero attached hydrogens (tertiary/aromatic N) is 1. The van der Waals surface area contributed by atoms with Gasteiger partial charge in [-0.1, -0.05) is 53.5 Å². The van der Waals surface area contributed by atoms with Gasteiger partial charge in [0, 0.05) is 20.2 Å². The lowest BCUT2D eigenvalue weighted by molar-refractivity contribution is 0.0697. The number of carbonyl (C=O) groups is 1. The summed E-state index contributed by atoms with van der Waals surface area (Å²) >= 11 is 11.9. The second kappa shape index (κ2) is 8.83. The van der Waals surface area contributed by atoms with Gasteiger partial charge in [0.2, 0.25) is 10.0 Å². The van der Waals surface area contributed by atoms with Crippen LogP contribution in [0.3, 0.4) is 0 Å². The van der Waals surface area contributed by atoms with Gasteiger partial charge >= 0.3 is 5.97 Å². The minimum atomic E-state index is -4.08. The first-order valence-electron chi connectivity index (χ1n) is 7.53. The Morgan fingerprint density at radius 2 is 1.81 bits per heavy atom. The van der Waals surface area contributed by atoms with Crippen molar-refractivity contribution < 1.29 is 23.1 Å². The lowest BCUT2D eigenvalue weighted by atomic mass is 10.2. The van der Waals surface area contributed by atoms with Crippen LogP contribution in [-0.4, -0.2) is 44.1 Å². The predicted octanol–water partition coefficient (Wildman–Crippen LogP) is 3.53. The van der Waals surface area contributed by atoms with Crippen molar-refractivity contribution in [2.45, 2.75) is 11.4 Å². The Labute approximate surface area is 162 Å². The largest absolute Gasteiger partial charge is 0.478 e. The van der Waals surface area contributed by atoms with Gasteiger partial charge in [-0.25, -0.2) is 13.2 Å². The van der Waals surface area contributed by atoms with E-state index in [4.69, 9.17) is 27.9 Å². The summed E-state index contributed by atoms with van der Waals surface area (Å²) in [5.74, 6) is -1.40. The van der Waals surface area contributed by atoms with Crippen LogP contribution in [0.1, 0.15) is 15.9 Å². The van der Waals surface area contributed by atoms with Crippen LogP contribution in [0.2, 0.25) is 10.0 Å². The molecule has 0 saturated heterocycles. The second-order valence-corrected chi connectivity index (χ2v) is 8.05. The summed E-state index contributed by atoms with van der Waals surface area (Å²) < 4.78 is 32.4. The fourth-order valence-corrected chi connectivity index (χ4v) is 4.64. The topological polar surface area (TPSA) is 83.9 Å². The maximum atomic E-state index is 13.1. The van der Waals surface area contributed by atoms with Crippen LogP contribution in [0, 0.1) is 0 Å². The molecule has 0 aliphatic rings. The molecule has 2 rings (SSSR count). The molecular formula is C17H17Cl2NO5S. The number of halogens is 2. The number of hydrogen-bond acceptors (Lipinski definition) is 4. The Morgan fingerprint density at radius 3 is 2.38 bits per heavy atom. The SMILES string of the molecule is COCCN(Cc1ccccc1)S(=O)(=O)c1ccc(Cl)c(C(=O)O)c1Cl. The molecule has 26 heavy (non-hydrogen) atoms. The molecule has 0 heterocycles. The Kier molecular flexibility index (Phi) is 7.02. The van der Waals surface area contributed by atoms with Crippen molar-refractivity contribution in [3.63, 3.8) is 0 Å². The molecule has 2 aromatic rings. The molecule has 140 valence electrons. The molecule has 0 atom stereocenters. The average Bonchev–Trinajstić information content (AvgIpc) is 2.58. The van der Waals surface area contributed by atoms with Gasteiger partial charge in [-0.05, 0) is 17.7 Å². The van der Waals surface area contributed by atoms with E-state index in [-0.39, 0.29) is 29.6 Å². The number of benzene rings is 2. The van der Waals surface area contributed by atoms with E-state index in [1.54, 1.807) is 24.3 Å². The Morgan fingerprint density at radius 1 is 1.15 bits per heavy atom. The van der Waals surface area contributed by atoms with Crippen molar-refractivity contribution in [3.8, 4) is 0 Å². The van der Waals surface area contributed by atoms with E-state index in [2.05, 4.69) is 0 Å². The molecule has 0 bridgehead atoms. The molecule has 0 saturated carbocycles. The number of ether oxygens (including phenoxy) is 1. The summed E-state index contributed by atoms with van der Waals surface area (Å²) in [5.41, 5.74) is 0.330. The molecule has 0 fully saturated rings. The third kappa shape index (κ3) is 4.55. The molecule has 2 aromatic carbocycles. The van der Waals surface area contributed by atoms with Crippen molar-refractivity contribution in [3.05, 3.63) is 63.6 Å². The van der Waals surface area contributed by atoms with Gasteiger partial charge in [0.05, 0.1) is 22.2 Å². The summed E-state index contributed by atoms with van der Waals surface area (Å²) in [7, 11) is -2.61. The highest BCUT2D eigenvalue weighted by atomic mass is 35.5. The van der Waals surface area contributed by atoms with Crippen LogP contribution in [0.25, 0.3) is 0 Å². The zero-order chi connectivity index (χ0) is 19.3. The highest BCUT2D eigenvalue weighted by molar-refractivity contribution is 7.89. The van der Waals surface area contributed by atoms with Crippen LogP contribution in [0.4, 0.5) is 0 Å². The van der Waals surface area contributed by atoms with Crippen molar-refractivity contribution in [1.29, 1.82) is 0 Å². The van der Waals surface area contributed by atoms with Crippen LogP contribution in [-0.2, 0) is 21.3 Å². The number of aromatic carboxylic acids is 1. The molecule has 6 nitrogen and oxygen atoms in total. The van der Waals surface area contributed by atoms with E-state index in [1.807, 2.05) is 6.07 Å². The number of rotatable bonds is 8. The first-order valence-corrected chi connectivity index (χ1v) is 9.73. The highest BCUT2D eigenvalue weighted by Crippen LogP contribution is 2.33. The number of carboxylic acids is 1. The standard InChI is InChI=1S/C17H17Cl2NO5S/c1-25-10-9-20(11-12-5-3-2-4-6-12)26(23,24)14-8-7-13(18)15(16(14)19)17(21)22/h2-8H,9-11H2,1H3,(H,21,22). The number of methoxy groups -OCH3 is 1. The quantitative estimate of drug-likeness (QED) is 0.709. The average molecular weight is 418 g/mol. The monoisotopic (exact) mass is 417 g/mol. The van der Waals surface area contributed by atoms with Gasteiger partial charge in [-0.2, -0.15) is 4.31 Å². The van der Waals surface area contributed by atoms with Crippen LogP contribution < -0.4 is 0 Å². The van der Waals surface area contributed by atoms with Gasteiger partial charge in [0.25, 0.3) is 0 Å². The fourth-order valence-electron chi connectivity index (χ4n) is 2.33. The zero-order valence-electron chi connectivity index (χ0n) is 13.9. The first-order chi connectivity index (χ1) is 12.3. The normalized spacial score (nSPS) is 11.7. The van der Waals surface area contributed by atoms with E-state index >= 15 is 0 Å². The Bertz CT molecular complexity index is 888. The zero-order valence-corrected chi connectivity index (χ0v) is 16.2. The number of hydrogen-bond donors (Lipinski definition) is 1. The molecule has 0 spiro atoms. The van der Waals surface area contributed by atoms with E-state index < -0.39 is 26.6 Å². The molecule has 9 heteroatoms. The van der Waals surface area contributed by atoms with Crippen molar-refractivity contribution in [2.75, 3.05) is 20.3 Å². The predicted molar refractivity (Wildman–Crippen MR) is 99.3 cm³/mol. The number of carboxylic acid groups (broad SMARTS) is 1. The van der Waals surface area contributed by atoms with E-state index in [0.717, 1.165) is 5.56 Å². The Balaban J connectivity index is 2.49. The highest BCUT2D eigenvalue weighted by Gasteiger charge is 2.30. The summed E-state index contributed by atoms with van der Waals surface area (Å²) in [6.45, 7) is 0.339. The van der Waals surface area contributed by atoms with Gasteiger partial charge in [-0.3, -0.25) is 0 Å². The third-order valence-electron chi connectivity index (χ3n) is 3.63. The molecule has 0 unspecified atom stereocenters. The number of sulfonamides is 1. The summed E-state index contributed by atoms with van der Waals surface area (Å²) in [6.07, 6.45) is 0. The Hall–Kier alpha value is -1.64. The molecule has 0 amide bonds. The maximum Gasteiger partial charge on any atom is 0.338 e. The lowest BCUT2D eigenvalue weighted by Gasteiger charge is -2.23. The van der Waals surface area contributed by atoms with Crippen LogP contribution in [0.5, 0.6) is 0 Å². The minimum absolute atomic E-state index is 0.0785. The summed E-state index contributed by atoms with van der Waals surface area (Å²) in [4.78, 5) is 11.0. The molecule has 1 N–H and O–H groups in total. The van der Waals surface area contributed by atoms with E-state index in [0.29, 0.717) is 0 Å². The van der Waals surface area contributed by atoms with Crippen molar-refractivity contribution >= 4 is 39.2 Å². The lowest BCUT2D eigenvalue weighted by Crippen LogP contribution is -2.34. The minimum Gasteiger partial charge on any atom is -0.478 e. The molecule has 0 aromatic heterocycles. The van der Waals surface area contributed by atoms with E-state index in [1.165, 1.54) is 23.5 Å². The third-order valence-corrected chi connectivity index (χ3v) is 6.34. The van der Waals surface area contributed by atoms with Crippen LogP contribution >= 0.6 is 23.2 Å². The van der Waals surface area contributed by atoms with Gasteiger partial charge < -0.3 is 9.84 Å². The molecule has 0 aliphatic carbocycles. The summed E-state index contributed by atoms with van der Waals surface area (Å²) in [6, 6.07) is 11.4. The molecule has 0 aliphatic heterocycles. The first kappa shape index (κ1) is 20.7. The van der Waals surface area contributed by atoms with Crippen LogP contribution in [0.15, 0.2) is 47.4 Å². The molecular weight excluding hydrogens is 401 g/mol. The van der Waals surface area contributed by atoms with Gasteiger partial charge in [-0.15, -0.1) is 0 Å². The smallest absolute Gasteiger partial charge is 0.338 e. The summed E-state index contributed by atoms with van der Waals surface area (Å²) in [5, 5.41) is 8.71. The fraction of sp³-hybridized carbons (Fsp3) is 0.235. The van der Waals surface area contributed by atoms with Crippen molar-refractivity contribution in [2.24, 2.45) is 0 Å².